The van der Waals surface area contributed by atoms with Crippen LogP contribution in [0.2, 0.25) is 0 Å². The highest BCUT2D eigenvalue weighted by molar-refractivity contribution is 5.91. The Labute approximate surface area is 207 Å². The molecule has 188 valence electrons. The minimum Gasteiger partial charge on any atom is -0.394 e. The van der Waals surface area contributed by atoms with Crippen molar-refractivity contribution < 1.29 is 9.84 Å². The van der Waals surface area contributed by atoms with Crippen LogP contribution in [0.15, 0.2) is 30.6 Å². The fraction of sp³-hybridized carbons (Fsp3) is 0.538. The van der Waals surface area contributed by atoms with Crippen molar-refractivity contribution in [1.82, 2.24) is 19.9 Å². The van der Waals surface area contributed by atoms with Gasteiger partial charge in [-0.1, -0.05) is 19.8 Å². The first-order valence-corrected chi connectivity index (χ1v) is 12.6. The largest absolute Gasteiger partial charge is 0.394 e. The SMILES string of the molecule is CCCC[C@](C)(CO)Nc1nc(N)nc2cc(-c3ccc(N4CCC(OCC)CC4)nc3)ncc12. The molecule has 0 radical (unpaired) electrons. The first kappa shape index (κ1) is 25.1. The van der Waals surface area contributed by atoms with E-state index in [2.05, 4.69) is 32.1 Å². The van der Waals surface area contributed by atoms with Gasteiger partial charge in [-0.25, -0.2) is 9.97 Å². The zero-order chi connectivity index (χ0) is 24.8. The molecule has 0 spiro atoms. The van der Waals surface area contributed by atoms with Crippen molar-refractivity contribution in [2.24, 2.45) is 0 Å². The maximum atomic E-state index is 9.99. The second kappa shape index (κ2) is 11.1. The fourth-order valence-corrected chi connectivity index (χ4v) is 4.54. The molecule has 0 unspecified atom stereocenters. The number of piperidine rings is 1. The Balaban J connectivity index is 1.54. The lowest BCUT2D eigenvalue weighted by Gasteiger charge is -2.32. The molecule has 9 nitrogen and oxygen atoms in total. The number of fused-ring (bicyclic) bond motifs is 1. The lowest BCUT2D eigenvalue weighted by molar-refractivity contribution is 0.0458. The third kappa shape index (κ3) is 5.97. The smallest absolute Gasteiger partial charge is 0.222 e. The second-order valence-corrected chi connectivity index (χ2v) is 9.51. The van der Waals surface area contributed by atoms with Crippen LogP contribution >= 0.6 is 0 Å². The van der Waals surface area contributed by atoms with E-state index in [0.717, 1.165) is 74.3 Å². The molecule has 0 aliphatic carbocycles. The molecule has 0 bridgehead atoms. The molecule has 3 aromatic heterocycles. The van der Waals surface area contributed by atoms with Crippen LogP contribution in [0.25, 0.3) is 22.2 Å². The molecule has 9 heteroatoms. The van der Waals surface area contributed by atoms with Crippen LogP contribution in [0.5, 0.6) is 0 Å². The van der Waals surface area contributed by atoms with Crippen molar-refractivity contribution in [3.63, 3.8) is 0 Å². The van der Waals surface area contributed by atoms with Crippen molar-refractivity contribution >= 4 is 28.5 Å². The number of rotatable bonds is 10. The third-order valence-electron chi connectivity index (χ3n) is 6.66. The van der Waals surface area contributed by atoms with Crippen molar-refractivity contribution in [1.29, 1.82) is 0 Å². The highest BCUT2D eigenvalue weighted by Gasteiger charge is 2.25. The lowest BCUT2D eigenvalue weighted by Crippen LogP contribution is -2.39. The molecular formula is C26H37N7O2. The van der Waals surface area contributed by atoms with Gasteiger partial charge in [0.1, 0.15) is 11.6 Å². The van der Waals surface area contributed by atoms with Crippen LogP contribution in [0, 0.1) is 0 Å². The van der Waals surface area contributed by atoms with Crippen LogP contribution < -0.4 is 16.0 Å². The van der Waals surface area contributed by atoms with E-state index in [1.54, 1.807) is 6.20 Å². The molecule has 3 aromatic rings. The number of nitrogens with one attached hydrogen (secondary N) is 1. The molecule has 0 aromatic carbocycles. The Bertz CT molecular complexity index is 1120. The fourth-order valence-electron chi connectivity index (χ4n) is 4.54. The number of nitrogen functional groups attached to an aromatic ring is 1. The summed E-state index contributed by atoms with van der Waals surface area (Å²) >= 11 is 0. The maximum absolute atomic E-state index is 9.99. The van der Waals surface area contributed by atoms with E-state index in [-0.39, 0.29) is 12.6 Å². The zero-order valence-corrected chi connectivity index (χ0v) is 21.0. The number of unbranched alkanes of at least 4 members (excludes halogenated alkanes) is 1. The highest BCUT2D eigenvalue weighted by atomic mass is 16.5. The van der Waals surface area contributed by atoms with Gasteiger partial charge >= 0.3 is 0 Å². The molecule has 4 N–H and O–H groups in total. The van der Waals surface area contributed by atoms with E-state index in [0.29, 0.717) is 17.4 Å². The second-order valence-electron chi connectivity index (χ2n) is 9.51. The number of hydrogen-bond acceptors (Lipinski definition) is 9. The van der Waals surface area contributed by atoms with Gasteiger partial charge in [0.05, 0.1) is 34.8 Å². The Hall–Kier alpha value is -3.04. The van der Waals surface area contributed by atoms with Crippen molar-refractivity contribution in [2.45, 2.75) is 64.5 Å². The number of pyridine rings is 2. The summed E-state index contributed by atoms with van der Waals surface area (Å²) in [4.78, 5) is 20.5. The van der Waals surface area contributed by atoms with Gasteiger partial charge in [0.2, 0.25) is 5.95 Å². The molecule has 1 atom stereocenters. The summed E-state index contributed by atoms with van der Waals surface area (Å²) in [6.45, 7) is 8.82. The van der Waals surface area contributed by atoms with Gasteiger partial charge in [-0.05, 0) is 51.3 Å². The summed E-state index contributed by atoms with van der Waals surface area (Å²) in [6, 6.07) is 6.00. The van der Waals surface area contributed by atoms with Crippen LogP contribution in [0.3, 0.4) is 0 Å². The molecule has 0 saturated carbocycles. The average molecular weight is 480 g/mol. The van der Waals surface area contributed by atoms with E-state index in [9.17, 15) is 5.11 Å². The Kier molecular flexibility index (Phi) is 7.97. The van der Waals surface area contributed by atoms with E-state index in [1.807, 2.05) is 38.2 Å². The minimum absolute atomic E-state index is 0.00870. The predicted octanol–water partition coefficient (Wildman–Crippen LogP) is 4.03. The monoisotopic (exact) mass is 479 g/mol. The Morgan fingerprint density at radius 3 is 2.63 bits per heavy atom. The van der Waals surface area contributed by atoms with Gasteiger partial charge in [-0.2, -0.15) is 4.98 Å². The van der Waals surface area contributed by atoms with Crippen LogP contribution in [-0.4, -0.2) is 63.0 Å². The van der Waals surface area contributed by atoms with Gasteiger partial charge in [-0.3, -0.25) is 4.98 Å². The number of aliphatic hydroxyl groups is 1. The van der Waals surface area contributed by atoms with Crippen molar-refractivity contribution in [3.05, 3.63) is 30.6 Å². The summed E-state index contributed by atoms with van der Waals surface area (Å²) in [5.41, 5.74) is 7.91. The van der Waals surface area contributed by atoms with Crippen molar-refractivity contribution in [3.8, 4) is 11.3 Å². The Morgan fingerprint density at radius 1 is 1.17 bits per heavy atom. The molecule has 4 heterocycles. The van der Waals surface area contributed by atoms with Gasteiger partial charge in [0.25, 0.3) is 0 Å². The van der Waals surface area contributed by atoms with Gasteiger partial charge in [-0.15, -0.1) is 0 Å². The number of aromatic nitrogens is 4. The van der Waals surface area contributed by atoms with Gasteiger partial charge in [0.15, 0.2) is 0 Å². The minimum atomic E-state index is -0.501. The highest BCUT2D eigenvalue weighted by Crippen LogP contribution is 2.29. The first-order valence-electron chi connectivity index (χ1n) is 12.6. The number of nitrogens with two attached hydrogens (primary N) is 1. The number of anilines is 3. The number of ether oxygens (including phenoxy) is 1. The molecule has 1 fully saturated rings. The molecule has 1 aliphatic heterocycles. The summed E-state index contributed by atoms with van der Waals surface area (Å²) in [7, 11) is 0. The van der Waals surface area contributed by atoms with Gasteiger partial charge < -0.3 is 25.8 Å². The number of hydrogen-bond donors (Lipinski definition) is 3. The average Bonchev–Trinajstić information content (AvgIpc) is 2.88. The number of aliphatic hydroxyl groups excluding tert-OH is 1. The molecule has 1 aliphatic rings. The van der Waals surface area contributed by atoms with E-state index < -0.39 is 5.54 Å². The summed E-state index contributed by atoms with van der Waals surface area (Å²) in [5, 5.41) is 14.1. The zero-order valence-electron chi connectivity index (χ0n) is 21.0. The summed E-state index contributed by atoms with van der Waals surface area (Å²) in [6.07, 6.45) is 8.88. The summed E-state index contributed by atoms with van der Waals surface area (Å²) in [5.74, 6) is 1.73. The molecule has 4 rings (SSSR count). The predicted molar refractivity (Wildman–Crippen MR) is 140 cm³/mol. The van der Waals surface area contributed by atoms with Crippen LogP contribution in [0.1, 0.15) is 52.9 Å². The molecule has 0 amide bonds. The standard InChI is InChI=1S/C26H37N7O2/c1-4-6-11-26(3,17-34)32-24-20-16-28-21(14-22(20)30-25(27)31-24)18-7-8-23(29-15-18)33-12-9-19(10-13-33)35-5-2/h7-8,14-16,19,34H,4-6,9-13,17H2,1-3H3,(H3,27,30,31,32)/t26-/m1/s1. The normalized spacial score (nSPS) is 16.4. The maximum Gasteiger partial charge on any atom is 0.222 e. The lowest BCUT2D eigenvalue weighted by atomic mass is 9.95. The first-order chi connectivity index (χ1) is 16.9. The van der Waals surface area contributed by atoms with Crippen LogP contribution in [-0.2, 0) is 4.74 Å². The quantitative estimate of drug-likeness (QED) is 0.395. The third-order valence-corrected chi connectivity index (χ3v) is 6.66. The van der Waals surface area contributed by atoms with E-state index in [1.165, 1.54) is 0 Å². The number of nitrogens with zero attached hydrogens (tertiary/aromatic N) is 5. The molecule has 35 heavy (non-hydrogen) atoms. The van der Waals surface area contributed by atoms with E-state index >= 15 is 0 Å². The molecular weight excluding hydrogens is 442 g/mol. The van der Waals surface area contributed by atoms with Gasteiger partial charge in [0, 0.05) is 37.7 Å². The summed E-state index contributed by atoms with van der Waals surface area (Å²) < 4.78 is 5.75. The Morgan fingerprint density at radius 2 is 1.97 bits per heavy atom. The molecule has 1 saturated heterocycles. The topological polar surface area (TPSA) is 122 Å². The van der Waals surface area contributed by atoms with E-state index in [4.69, 9.17) is 15.5 Å². The van der Waals surface area contributed by atoms with Crippen molar-refractivity contribution in [2.75, 3.05) is 42.3 Å². The van der Waals surface area contributed by atoms with Crippen LogP contribution in [0.4, 0.5) is 17.6 Å².